The highest BCUT2D eigenvalue weighted by Gasteiger charge is 2.24. The molecule has 0 amide bonds. The Morgan fingerprint density at radius 3 is 2.55 bits per heavy atom. The normalized spacial score (nSPS) is 17.0. The monoisotopic (exact) mass is 446 g/mol. The molecule has 0 bridgehead atoms. The first-order valence-corrected chi connectivity index (χ1v) is 10.9. The maximum absolute atomic E-state index is 4.77. The van der Waals surface area contributed by atoms with Gasteiger partial charge < -0.3 is 9.47 Å². The zero-order chi connectivity index (χ0) is 19.8. The lowest BCUT2D eigenvalue weighted by molar-refractivity contribution is 0.445. The standard InChI is InChI=1S/C24H23BrN4/c1-17-6-5-13-28(14-17)23-22-21(18-7-3-2-4-8-18)15-29(24(22)27-16-26-23)20-11-9-19(25)10-12-20/h2-4,7-12,15-17H,5-6,13-14H2,1H3/t17-/m1/s1. The van der Waals surface area contributed by atoms with Crippen LogP contribution in [0, 0.1) is 5.92 Å². The van der Waals surface area contributed by atoms with E-state index in [4.69, 9.17) is 9.97 Å². The molecule has 1 saturated heterocycles. The Bertz CT molecular complexity index is 1130. The molecular formula is C24H23BrN4. The Morgan fingerprint density at radius 1 is 1.00 bits per heavy atom. The van der Waals surface area contributed by atoms with Crippen LogP contribution in [0.25, 0.3) is 27.8 Å². The summed E-state index contributed by atoms with van der Waals surface area (Å²) in [5.74, 6) is 1.73. The lowest BCUT2D eigenvalue weighted by Crippen LogP contribution is -2.35. The molecule has 0 spiro atoms. The van der Waals surface area contributed by atoms with E-state index in [1.807, 2.05) is 0 Å². The maximum Gasteiger partial charge on any atom is 0.150 e. The number of nitrogens with zero attached hydrogens (tertiary/aromatic N) is 4. The van der Waals surface area contributed by atoms with Crippen LogP contribution in [0.4, 0.5) is 5.82 Å². The summed E-state index contributed by atoms with van der Waals surface area (Å²) in [5, 5.41) is 1.13. The van der Waals surface area contributed by atoms with Crippen molar-refractivity contribution in [1.82, 2.24) is 14.5 Å². The molecule has 29 heavy (non-hydrogen) atoms. The summed E-state index contributed by atoms with van der Waals surface area (Å²) < 4.78 is 3.25. The largest absolute Gasteiger partial charge is 0.356 e. The predicted octanol–water partition coefficient (Wildman–Crippen LogP) is 6.09. The third kappa shape index (κ3) is 3.44. The molecule has 1 fully saturated rings. The van der Waals surface area contributed by atoms with Gasteiger partial charge in [0.2, 0.25) is 0 Å². The minimum absolute atomic E-state index is 0.683. The number of aromatic nitrogens is 3. The Hall–Kier alpha value is -2.66. The van der Waals surface area contributed by atoms with Gasteiger partial charge in [-0.15, -0.1) is 0 Å². The van der Waals surface area contributed by atoms with Gasteiger partial charge >= 0.3 is 0 Å². The Morgan fingerprint density at radius 2 is 1.79 bits per heavy atom. The molecule has 0 unspecified atom stereocenters. The Kier molecular flexibility index (Phi) is 4.84. The fraction of sp³-hybridized carbons (Fsp3) is 0.250. The van der Waals surface area contributed by atoms with Gasteiger partial charge in [-0.25, -0.2) is 9.97 Å². The van der Waals surface area contributed by atoms with Crippen LogP contribution in [0.3, 0.4) is 0 Å². The zero-order valence-corrected chi connectivity index (χ0v) is 18.0. The summed E-state index contributed by atoms with van der Waals surface area (Å²) >= 11 is 3.54. The molecule has 4 nitrogen and oxygen atoms in total. The first kappa shape index (κ1) is 18.4. The van der Waals surface area contributed by atoms with Crippen molar-refractivity contribution in [3.05, 3.63) is 71.6 Å². The fourth-order valence-electron chi connectivity index (χ4n) is 4.30. The van der Waals surface area contributed by atoms with E-state index >= 15 is 0 Å². The number of rotatable bonds is 3. The van der Waals surface area contributed by atoms with Crippen LogP contribution in [-0.2, 0) is 0 Å². The molecule has 0 N–H and O–H groups in total. The SMILES string of the molecule is C[C@@H]1CCCN(c2ncnc3c2c(-c2ccccc2)cn3-c2ccc(Br)cc2)C1. The molecule has 0 radical (unpaired) electrons. The second-order valence-corrected chi connectivity index (χ2v) is 8.76. The Balaban J connectivity index is 1.76. The molecule has 0 aliphatic carbocycles. The predicted molar refractivity (Wildman–Crippen MR) is 123 cm³/mol. The van der Waals surface area contributed by atoms with E-state index in [-0.39, 0.29) is 0 Å². The third-order valence-electron chi connectivity index (χ3n) is 5.71. The molecule has 5 heteroatoms. The summed E-state index contributed by atoms with van der Waals surface area (Å²) in [5.41, 5.74) is 4.42. The summed E-state index contributed by atoms with van der Waals surface area (Å²) in [6, 6.07) is 18.9. The van der Waals surface area contributed by atoms with Crippen LogP contribution in [0.2, 0.25) is 0 Å². The van der Waals surface area contributed by atoms with E-state index in [1.165, 1.54) is 24.0 Å². The van der Waals surface area contributed by atoms with Gasteiger partial charge in [0.1, 0.15) is 12.1 Å². The van der Waals surface area contributed by atoms with Crippen LogP contribution in [0.5, 0.6) is 0 Å². The number of fused-ring (bicyclic) bond motifs is 1. The second kappa shape index (κ2) is 7.64. The van der Waals surface area contributed by atoms with E-state index in [0.29, 0.717) is 5.92 Å². The van der Waals surface area contributed by atoms with Crippen LogP contribution in [0.1, 0.15) is 19.8 Å². The number of hydrogen-bond acceptors (Lipinski definition) is 3. The van der Waals surface area contributed by atoms with Gasteiger partial charge in [-0.2, -0.15) is 0 Å². The fourth-order valence-corrected chi connectivity index (χ4v) is 4.57. The molecule has 4 aromatic rings. The maximum atomic E-state index is 4.77. The quantitative estimate of drug-likeness (QED) is 0.381. The molecule has 2 aromatic heterocycles. The molecule has 1 aliphatic heterocycles. The van der Waals surface area contributed by atoms with Crippen molar-refractivity contribution in [2.24, 2.45) is 5.92 Å². The molecule has 0 saturated carbocycles. The van der Waals surface area contributed by atoms with Crippen molar-refractivity contribution in [3.8, 4) is 16.8 Å². The first-order valence-electron chi connectivity index (χ1n) is 10.1. The molecule has 2 aromatic carbocycles. The molecule has 1 aliphatic rings. The molecular weight excluding hydrogens is 424 g/mol. The minimum Gasteiger partial charge on any atom is -0.356 e. The van der Waals surface area contributed by atoms with Crippen LogP contribution >= 0.6 is 15.9 Å². The van der Waals surface area contributed by atoms with Crippen molar-refractivity contribution in [3.63, 3.8) is 0 Å². The molecule has 1 atom stereocenters. The summed E-state index contributed by atoms with van der Waals surface area (Å²) in [7, 11) is 0. The van der Waals surface area contributed by atoms with Gasteiger partial charge in [0, 0.05) is 35.0 Å². The number of benzene rings is 2. The van der Waals surface area contributed by atoms with Gasteiger partial charge in [-0.1, -0.05) is 53.2 Å². The van der Waals surface area contributed by atoms with E-state index in [2.05, 4.69) is 93.1 Å². The van der Waals surface area contributed by atoms with Gasteiger partial charge in [-0.05, 0) is 48.6 Å². The average Bonchev–Trinajstić information content (AvgIpc) is 3.15. The van der Waals surface area contributed by atoms with Crippen molar-refractivity contribution in [1.29, 1.82) is 0 Å². The van der Waals surface area contributed by atoms with E-state index < -0.39 is 0 Å². The minimum atomic E-state index is 0.683. The smallest absolute Gasteiger partial charge is 0.150 e. The summed E-state index contributed by atoms with van der Waals surface area (Å²) in [4.78, 5) is 11.9. The highest BCUT2D eigenvalue weighted by atomic mass is 79.9. The van der Waals surface area contributed by atoms with Crippen LogP contribution in [-0.4, -0.2) is 27.6 Å². The van der Waals surface area contributed by atoms with Crippen molar-refractivity contribution in [2.45, 2.75) is 19.8 Å². The zero-order valence-electron chi connectivity index (χ0n) is 16.4. The van der Waals surface area contributed by atoms with Gasteiger partial charge in [0.05, 0.1) is 5.39 Å². The van der Waals surface area contributed by atoms with E-state index in [1.54, 1.807) is 6.33 Å². The second-order valence-electron chi connectivity index (χ2n) is 7.84. The highest BCUT2D eigenvalue weighted by molar-refractivity contribution is 9.10. The van der Waals surface area contributed by atoms with Crippen LogP contribution < -0.4 is 4.90 Å². The van der Waals surface area contributed by atoms with E-state index in [0.717, 1.165) is 40.1 Å². The first-order chi connectivity index (χ1) is 14.2. The summed E-state index contributed by atoms with van der Waals surface area (Å²) in [6.45, 7) is 4.42. The van der Waals surface area contributed by atoms with Crippen molar-refractivity contribution < 1.29 is 0 Å². The lowest BCUT2D eigenvalue weighted by atomic mass is 9.99. The van der Waals surface area contributed by atoms with Crippen molar-refractivity contribution in [2.75, 3.05) is 18.0 Å². The number of piperidine rings is 1. The Labute approximate surface area is 179 Å². The molecule has 5 rings (SSSR count). The van der Waals surface area contributed by atoms with Crippen LogP contribution in [0.15, 0.2) is 71.6 Å². The highest BCUT2D eigenvalue weighted by Crippen LogP contribution is 2.37. The topological polar surface area (TPSA) is 34.0 Å². The summed E-state index contributed by atoms with van der Waals surface area (Å²) in [6.07, 6.45) is 6.41. The van der Waals surface area contributed by atoms with Crippen molar-refractivity contribution >= 4 is 32.8 Å². The third-order valence-corrected chi connectivity index (χ3v) is 6.24. The van der Waals surface area contributed by atoms with E-state index in [9.17, 15) is 0 Å². The number of anilines is 1. The van der Waals surface area contributed by atoms with Gasteiger partial charge in [-0.3, -0.25) is 0 Å². The van der Waals surface area contributed by atoms with Gasteiger partial charge in [0.25, 0.3) is 0 Å². The molecule has 3 heterocycles. The molecule has 146 valence electrons. The number of halogens is 1. The number of hydrogen-bond donors (Lipinski definition) is 0. The van der Waals surface area contributed by atoms with Gasteiger partial charge in [0.15, 0.2) is 5.65 Å². The lowest BCUT2D eigenvalue weighted by Gasteiger charge is -2.32. The average molecular weight is 447 g/mol.